The topological polar surface area (TPSA) is 34.8 Å². The summed E-state index contributed by atoms with van der Waals surface area (Å²) in [5, 5.41) is 5.05. The van der Waals surface area contributed by atoms with Gasteiger partial charge in [0.25, 0.3) is 0 Å². The summed E-state index contributed by atoms with van der Waals surface area (Å²) in [5.74, 6) is 0. The van der Waals surface area contributed by atoms with Crippen molar-refractivity contribution < 1.29 is 8.98 Å². The smallest absolute Gasteiger partial charge is 0.245 e. The van der Waals surface area contributed by atoms with Crippen molar-refractivity contribution >= 4 is 51.4 Å². The Bertz CT molecular complexity index is 2180. The van der Waals surface area contributed by atoms with Crippen molar-refractivity contribution in [2.24, 2.45) is 0 Å². The summed E-state index contributed by atoms with van der Waals surface area (Å²) < 4.78 is 10.7. The molecule has 0 N–H and O–H groups in total. The van der Waals surface area contributed by atoms with Gasteiger partial charge in [-0.15, -0.1) is 0 Å². The average Bonchev–Trinajstić information content (AvgIpc) is 3.60. The molecule has 4 nitrogen and oxygen atoms in total. The van der Waals surface area contributed by atoms with Crippen molar-refractivity contribution in [2.75, 3.05) is 0 Å². The molecule has 3 heterocycles. The monoisotopic (exact) mass is 593 g/mol. The molecule has 0 saturated heterocycles. The van der Waals surface area contributed by atoms with Crippen LogP contribution >= 0.6 is 0 Å². The van der Waals surface area contributed by atoms with Gasteiger partial charge in [-0.3, -0.25) is 4.98 Å². The predicted molar refractivity (Wildman–Crippen MR) is 184 cm³/mol. The highest BCUT2D eigenvalue weighted by molar-refractivity contribution is 7.00. The third-order valence-corrected chi connectivity index (χ3v) is 12.8. The average molecular weight is 594 g/mol. The Kier molecular flexibility index (Phi) is 6.45. The Labute approximate surface area is 260 Å². The van der Waals surface area contributed by atoms with E-state index >= 15 is 0 Å². The van der Waals surface area contributed by atoms with Crippen LogP contribution in [0.5, 0.6) is 0 Å². The molecule has 4 aromatic carbocycles. The summed E-state index contributed by atoms with van der Waals surface area (Å²) in [6.07, 6.45) is 5.70. The first-order chi connectivity index (χ1) is 20.9. The molecule has 0 fully saturated rings. The number of pyridine rings is 1. The van der Waals surface area contributed by atoms with Gasteiger partial charge in [0.15, 0.2) is 0 Å². The zero-order valence-electron chi connectivity index (χ0n) is 26.6. The number of rotatable bonds is 5. The number of nitrogens with zero attached hydrogens (tertiary/aromatic N) is 3. The van der Waals surface area contributed by atoms with Crippen LogP contribution in [0.15, 0.2) is 114 Å². The molecule has 0 aliphatic heterocycles. The summed E-state index contributed by atoms with van der Waals surface area (Å²) >= 11 is 0. The lowest BCUT2D eigenvalue weighted by atomic mass is 9.85. The van der Waals surface area contributed by atoms with Crippen molar-refractivity contribution in [2.45, 2.75) is 58.7 Å². The number of fused-ring (bicyclic) bond motifs is 4. The van der Waals surface area contributed by atoms with E-state index in [-0.39, 0.29) is 5.41 Å². The molecule has 7 aromatic rings. The summed E-state index contributed by atoms with van der Waals surface area (Å²) in [7, 11) is -2.06. The van der Waals surface area contributed by atoms with Gasteiger partial charge in [0.05, 0.1) is 22.4 Å². The molecule has 44 heavy (non-hydrogen) atoms. The molecule has 0 amide bonds. The maximum absolute atomic E-state index is 6.27. The van der Waals surface area contributed by atoms with E-state index < -0.39 is 13.6 Å². The number of benzene rings is 4. The highest BCUT2D eigenvalue weighted by Crippen LogP contribution is 2.30. The summed E-state index contributed by atoms with van der Waals surface area (Å²) in [5.41, 5.74) is 7.17. The minimum Gasteiger partial charge on any atom is -0.456 e. The van der Waals surface area contributed by atoms with Crippen molar-refractivity contribution in [3.8, 4) is 5.69 Å². The van der Waals surface area contributed by atoms with E-state index in [9.17, 15) is 0 Å². The van der Waals surface area contributed by atoms with Gasteiger partial charge in [-0.25, -0.2) is 0 Å². The molecule has 0 radical (unpaired) electrons. The molecule has 0 aliphatic rings. The first kappa shape index (κ1) is 28.3. The SMILES string of the molecule is CC(C)(C)c1ccnc(C(C)(C)[n+]2[c-]n(-c3cccc([Si](C)(C)c4ccc5c(c4)oc4ccccc45)c3)c3ccccc32)c1. The molecule has 0 spiro atoms. The Morgan fingerprint density at radius 2 is 1.45 bits per heavy atom. The number of imidazole rings is 1. The van der Waals surface area contributed by atoms with Gasteiger partial charge in [-0.2, -0.15) is 0 Å². The quantitative estimate of drug-likeness (QED) is 0.115. The molecule has 0 atom stereocenters. The Balaban J connectivity index is 1.32. The summed E-state index contributed by atoms with van der Waals surface area (Å²) in [4.78, 5) is 4.85. The molecule has 7 rings (SSSR count). The third-order valence-electron chi connectivity index (χ3n) is 9.30. The Morgan fingerprint density at radius 1 is 0.727 bits per heavy atom. The molecule has 220 valence electrons. The van der Waals surface area contributed by atoms with Gasteiger partial charge in [0.1, 0.15) is 24.8 Å². The molecule has 5 heteroatoms. The van der Waals surface area contributed by atoms with Crippen LogP contribution in [0.2, 0.25) is 13.1 Å². The molecule has 0 aliphatic carbocycles. The van der Waals surface area contributed by atoms with E-state index in [1.165, 1.54) is 26.7 Å². The lowest BCUT2D eigenvalue weighted by Crippen LogP contribution is -2.53. The second-order valence-corrected chi connectivity index (χ2v) is 18.4. The second kappa shape index (κ2) is 10.0. The zero-order chi connectivity index (χ0) is 30.9. The maximum Gasteiger partial charge on any atom is 0.245 e. The van der Waals surface area contributed by atoms with Crippen LogP contribution in [-0.2, 0) is 11.0 Å². The summed E-state index contributed by atoms with van der Waals surface area (Å²) in [6.45, 7) is 16.0. The fraction of sp³-hybridized carbons (Fsp3) is 0.231. The van der Waals surface area contributed by atoms with Crippen LogP contribution in [-0.4, -0.2) is 17.6 Å². The lowest BCUT2D eigenvalue weighted by molar-refractivity contribution is -0.728. The number of aromatic nitrogens is 3. The van der Waals surface area contributed by atoms with Crippen molar-refractivity contribution in [1.82, 2.24) is 9.55 Å². The van der Waals surface area contributed by atoms with E-state index in [1.807, 2.05) is 18.3 Å². The van der Waals surface area contributed by atoms with E-state index in [0.29, 0.717) is 0 Å². The van der Waals surface area contributed by atoms with Crippen molar-refractivity contribution in [3.63, 3.8) is 0 Å². The van der Waals surface area contributed by atoms with E-state index in [0.717, 1.165) is 33.6 Å². The zero-order valence-corrected chi connectivity index (χ0v) is 27.6. The Hall–Kier alpha value is -4.48. The molecule has 0 unspecified atom stereocenters. The molecule has 0 bridgehead atoms. The highest BCUT2D eigenvalue weighted by Gasteiger charge is 2.32. The first-order valence-corrected chi connectivity index (χ1v) is 18.4. The lowest BCUT2D eigenvalue weighted by Gasteiger charge is -2.27. The predicted octanol–water partition coefficient (Wildman–Crippen LogP) is 7.92. The van der Waals surface area contributed by atoms with Crippen molar-refractivity contribution in [3.05, 3.63) is 127 Å². The summed E-state index contributed by atoms with van der Waals surface area (Å²) in [6, 6.07) is 37.0. The number of para-hydroxylation sites is 3. The number of hydrogen-bond donors (Lipinski definition) is 0. The highest BCUT2D eigenvalue weighted by atomic mass is 28.3. The largest absolute Gasteiger partial charge is 0.456 e. The fourth-order valence-corrected chi connectivity index (χ4v) is 8.68. The third kappa shape index (κ3) is 4.58. The van der Waals surface area contributed by atoms with Crippen LogP contribution < -0.4 is 14.9 Å². The van der Waals surface area contributed by atoms with Gasteiger partial charge < -0.3 is 13.6 Å². The fourth-order valence-electron chi connectivity index (χ4n) is 6.33. The van der Waals surface area contributed by atoms with Gasteiger partial charge in [0.2, 0.25) is 6.33 Å². The van der Waals surface area contributed by atoms with Gasteiger partial charge in [-0.1, -0.05) is 123 Å². The van der Waals surface area contributed by atoms with Crippen LogP contribution in [0.25, 0.3) is 38.7 Å². The van der Waals surface area contributed by atoms with Gasteiger partial charge >= 0.3 is 0 Å². The second-order valence-electron chi connectivity index (χ2n) is 14.0. The standard InChI is InChI=1S/C39H39N3OSi/c1-38(2,3)27-21-22-40-37(23-27)39(4,5)42-26-41(33-16-9-10-17-34(33)42)28-13-12-14-29(24-28)44(6,7)30-19-20-32-31-15-8-11-18-35(31)43-36(32)25-30/h8-25H,1-7H3. The van der Waals surface area contributed by atoms with Crippen LogP contribution in [0.4, 0.5) is 0 Å². The van der Waals surface area contributed by atoms with Crippen LogP contribution in [0.3, 0.4) is 0 Å². The molecular formula is C39H39N3OSi. The van der Waals surface area contributed by atoms with Crippen LogP contribution in [0.1, 0.15) is 45.9 Å². The molecular weight excluding hydrogens is 555 g/mol. The minimum atomic E-state index is -2.06. The van der Waals surface area contributed by atoms with Crippen molar-refractivity contribution in [1.29, 1.82) is 0 Å². The number of furan rings is 1. The van der Waals surface area contributed by atoms with Crippen LogP contribution in [0, 0.1) is 6.33 Å². The van der Waals surface area contributed by atoms with E-state index in [4.69, 9.17) is 9.40 Å². The number of hydrogen-bond acceptors (Lipinski definition) is 2. The maximum atomic E-state index is 6.27. The van der Waals surface area contributed by atoms with Gasteiger partial charge in [0, 0.05) is 17.0 Å². The minimum absolute atomic E-state index is 0.0439. The van der Waals surface area contributed by atoms with E-state index in [2.05, 4.69) is 154 Å². The molecule has 3 aromatic heterocycles. The Morgan fingerprint density at radius 3 is 2.27 bits per heavy atom. The normalized spacial score (nSPS) is 12.9. The van der Waals surface area contributed by atoms with E-state index in [1.54, 1.807) is 0 Å². The molecule has 0 saturated carbocycles. The first-order valence-electron chi connectivity index (χ1n) is 15.4. The van der Waals surface area contributed by atoms with Gasteiger partial charge in [-0.05, 0) is 49.1 Å².